The molecule has 1 nitrogen and oxygen atoms in total. The van der Waals surface area contributed by atoms with E-state index in [0.717, 1.165) is 22.0 Å². The molecule has 1 aliphatic carbocycles. The van der Waals surface area contributed by atoms with Crippen LogP contribution in [0.25, 0.3) is 0 Å². The van der Waals surface area contributed by atoms with Crippen LogP contribution < -0.4 is 5.32 Å². The second-order valence-electron chi connectivity index (χ2n) is 4.47. The average Bonchev–Trinajstić information content (AvgIpc) is 3.01. The third-order valence-electron chi connectivity index (χ3n) is 2.95. The zero-order valence-corrected chi connectivity index (χ0v) is 11.8. The molecule has 0 heterocycles. The molecule has 0 aliphatic heterocycles. The summed E-state index contributed by atoms with van der Waals surface area (Å²) in [6.45, 7) is 3.27. The van der Waals surface area contributed by atoms with E-state index in [1.54, 1.807) is 0 Å². The third-order valence-corrected chi connectivity index (χ3v) is 3.63. The highest BCUT2D eigenvalue weighted by Crippen LogP contribution is 2.42. The van der Waals surface area contributed by atoms with Crippen molar-refractivity contribution in [3.63, 3.8) is 0 Å². The van der Waals surface area contributed by atoms with Crippen molar-refractivity contribution < 1.29 is 0 Å². The molecule has 0 radical (unpaired) electrons. The third kappa shape index (κ3) is 3.22. The number of nitrogens with one attached hydrogen (secondary N) is 1. The second kappa shape index (κ2) is 5.52. The van der Waals surface area contributed by atoms with Crippen LogP contribution >= 0.6 is 27.5 Å². The fourth-order valence-electron chi connectivity index (χ4n) is 2.04. The molecular weight excluding hydrogens is 286 g/mol. The molecule has 3 heteroatoms. The number of benzene rings is 1. The smallest absolute Gasteiger partial charge is 0.0420 e. The van der Waals surface area contributed by atoms with Crippen molar-refractivity contribution >= 4 is 27.5 Å². The fraction of sp³-hybridized carbons (Fsp3) is 0.538. The Morgan fingerprint density at radius 2 is 2.19 bits per heavy atom. The molecule has 16 heavy (non-hydrogen) atoms. The van der Waals surface area contributed by atoms with Gasteiger partial charge in [-0.3, -0.25) is 0 Å². The van der Waals surface area contributed by atoms with Gasteiger partial charge in [-0.25, -0.2) is 0 Å². The molecule has 0 aromatic heterocycles. The molecule has 1 aliphatic rings. The molecule has 0 saturated heterocycles. The molecule has 1 N–H and O–H groups in total. The van der Waals surface area contributed by atoms with Crippen LogP contribution in [0.2, 0.25) is 5.02 Å². The van der Waals surface area contributed by atoms with Crippen LogP contribution in [0.1, 0.15) is 37.8 Å². The van der Waals surface area contributed by atoms with Crippen LogP contribution in [0.5, 0.6) is 0 Å². The molecule has 1 aromatic carbocycles. The maximum absolute atomic E-state index is 6.10. The van der Waals surface area contributed by atoms with Crippen molar-refractivity contribution in [2.24, 2.45) is 5.92 Å². The van der Waals surface area contributed by atoms with E-state index >= 15 is 0 Å². The van der Waals surface area contributed by atoms with Gasteiger partial charge in [-0.05, 0) is 55.5 Å². The van der Waals surface area contributed by atoms with Crippen molar-refractivity contribution in [2.75, 3.05) is 6.54 Å². The van der Waals surface area contributed by atoms with Gasteiger partial charge in [0.05, 0.1) is 0 Å². The van der Waals surface area contributed by atoms with Crippen molar-refractivity contribution in [1.29, 1.82) is 0 Å². The molecule has 1 saturated carbocycles. The fourth-order valence-corrected chi connectivity index (χ4v) is 2.93. The van der Waals surface area contributed by atoms with Crippen LogP contribution in [-0.4, -0.2) is 6.54 Å². The highest BCUT2D eigenvalue weighted by molar-refractivity contribution is 9.10. The van der Waals surface area contributed by atoms with Gasteiger partial charge >= 0.3 is 0 Å². The van der Waals surface area contributed by atoms with Gasteiger partial charge in [-0.15, -0.1) is 0 Å². The zero-order chi connectivity index (χ0) is 11.5. The molecule has 0 bridgehead atoms. The van der Waals surface area contributed by atoms with E-state index < -0.39 is 0 Å². The summed E-state index contributed by atoms with van der Waals surface area (Å²) in [4.78, 5) is 0. The van der Waals surface area contributed by atoms with Crippen LogP contribution in [0.3, 0.4) is 0 Å². The van der Waals surface area contributed by atoms with Crippen LogP contribution in [-0.2, 0) is 0 Å². The molecule has 1 unspecified atom stereocenters. The number of rotatable bonds is 5. The Morgan fingerprint density at radius 1 is 1.44 bits per heavy atom. The van der Waals surface area contributed by atoms with Crippen molar-refractivity contribution in [2.45, 2.75) is 32.2 Å². The quantitative estimate of drug-likeness (QED) is 0.841. The molecule has 0 amide bonds. The van der Waals surface area contributed by atoms with Gasteiger partial charge in [0, 0.05) is 15.5 Å². The first-order valence-corrected chi connectivity index (χ1v) is 7.07. The summed E-state index contributed by atoms with van der Waals surface area (Å²) in [6.07, 6.45) is 3.85. The average molecular weight is 303 g/mol. The monoisotopic (exact) mass is 301 g/mol. The molecule has 2 rings (SSSR count). The summed E-state index contributed by atoms with van der Waals surface area (Å²) in [7, 11) is 0. The Kier molecular flexibility index (Phi) is 4.28. The Hall–Kier alpha value is -0.0500. The Labute approximate surface area is 111 Å². The standard InChI is InChI=1S/C13H17BrClN/c1-2-5-16-13(9-3-4-9)10-6-11(14)8-12(15)7-10/h6-9,13,16H,2-5H2,1H3. The molecular formula is C13H17BrClN. The first kappa shape index (κ1) is 12.4. The van der Waals surface area contributed by atoms with E-state index in [1.165, 1.54) is 24.8 Å². The highest BCUT2D eigenvalue weighted by atomic mass is 79.9. The largest absolute Gasteiger partial charge is 0.310 e. The van der Waals surface area contributed by atoms with E-state index in [-0.39, 0.29) is 0 Å². The number of hydrogen-bond donors (Lipinski definition) is 1. The summed E-state index contributed by atoms with van der Waals surface area (Å²) < 4.78 is 1.07. The highest BCUT2D eigenvalue weighted by Gasteiger charge is 2.31. The number of halogens is 2. The van der Waals surface area contributed by atoms with E-state index in [0.29, 0.717) is 6.04 Å². The predicted molar refractivity (Wildman–Crippen MR) is 72.9 cm³/mol. The van der Waals surface area contributed by atoms with Gasteiger partial charge in [0.25, 0.3) is 0 Å². The lowest BCUT2D eigenvalue weighted by atomic mass is 10.0. The van der Waals surface area contributed by atoms with E-state index in [4.69, 9.17) is 11.6 Å². The Morgan fingerprint density at radius 3 is 2.75 bits per heavy atom. The lowest BCUT2D eigenvalue weighted by Gasteiger charge is -2.19. The minimum absolute atomic E-state index is 0.481. The van der Waals surface area contributed by atoms with Gasteiger partial charge in [0.15, 0.2) is 0 Å². The second-order valence-corrected chi connectivity index (χ2v) is 5.82. The summed E-state index contributed by atoms with van der Waals surface area (Å²) in [5.41, 5.74) is 1.32. The van der Waals surface area contributed by atoms with Crippen molar-refractivity contribution in [3.8, 4) is 0 Å². The summed E-state index contributed by atoms with van der Waals surface area (Å²) in [5, 5.41) is 4.44. The molecule has 1 aromatic rings. The van der Waals surface area contributed by atoms with Crippen LogP contribution in [0.4, 0.5) is 0 Å². The maximum Gasteiger partial charge on any atom is 0.0420 e. The lowest BCUT2D eigenvalue weighted by molar-refractivity contribution is 0.481. The van der Waals surface area contributed by atoms with Gasteiger partial charge in [-0.1, -0.05) is 34.5 Å². The topological polar surface area (TPSA) is 12.0 Å². The van der Waals surface area contributed by atoms with E-state index in [2.05, 4.69) is 40.3 Å². The minimum Gasteiger partial charge on any atom is -0.310 e. The van der Waals surface area contributed by atoms with Crippen LogP contribution in [0, 0.1) is 5.92 Å². The molecule has 0 spiro atoms. The summed E-state index contributed by atoms with van der Waals surface area (Å²) >= 11 is 9.60. The zero-order valence-electron chi connectivity index (χ0n) is 9.47. The predicted octanol–water partition coefficient (Wildman–Crippen LogP) is 4.55. The SMILES string of the molecule is CCCNC(c1cc(Cl)cc(Br)c1)C1CC1. The summed E-state index contributed by atoms with van der Waals surface area (Å²) in [6, 6.07) is 6.68. The maximum atomic E-state index is 6.10. The lowest BCUT2D eigenvalue weighted by Crippen LogP contribution is -2.23. The van der Waals surface area contributed by atoms with Gasteiger partial charge < -0.3 is 5.32 Å². The minimum atomic E-state index is 0.481. The molecule has 88 valence electrons. The van der Waals surface area contributed by atoms with Gasteiger partial charge in [-0.2, -0.15) is 0 Å². The first-order chi connectivity index (χ1) is 7.70. The van der Waals surface area contributed by atoms with Crippen LogP contribution in [0.15, 0.2) is 22.7 Å². The van der Waals surface area contributed by atoms with Gasteiger partial charge in [0.1, 0.15) is 0 Å². The van der Waals surface area contributed by atoms with E-state index in [1.807, 2.05) is 6.07 Å². The Balaban J connectivity index is 2.16. The first-order valence-electron chi connectivity index (χ1n) is 5.90. The number of hydrogen-bond acceptors (Lipinski definition) is 1. The van der Waals surface area contributed by atoms with Crippen molar-refractivity contribution in [1.82, 2.24) is 5.32 Å². The van der Waals surface area contributed by atoms with Gasteiger partial charge in [0.2, 0.25) is 0 Å². The summed E-state index contributed by atoms with van der Waals surface area (Å²) in [5.74, 6) is 0.803. The molecule has 1 fully saturated rings. The molecule has 1 atom stereocenters. The normalized spacial score (nSPS) is 17.4. The van der Waals surface area contributed by atoms with E-state index in [9.17, 15) is 0 Å². The van der Waals surface area contributed by atoms with Crippen molar-refractivity contribution in [3.05, 3.63) is 33.3 Å². The Bertz CT molecular complexity index is 343.